The maximum absolute atomic E-state index is 12.7. The number of amides is 1. The van der Waals surface area contributed by atoms with E-state index in [4.69, 9.17) is 5.73 Å². The zero-order valence-corrected chi connectivity index (χ0v) is 11.7. The summed E-state index contributed by atoms with van der Waals surface area (Å²) in [5, 5.41) is 9.61. The molecule has 2 rings (SSSR count). The number of nitrogens with zero attached hydrogens (tertiary/aromatic N) is 1. The highest BCUT2D eigenvalue weighted by molar-refractivity contribution is 5.92. The van der Waals surface area contributed by atoms with Gasteiger partial charge < -0.3 is 15.7 Å². The summed E-state index contributed by atoms with van der Waals surface area (Å²) in [6, 6.07) is 0. The van der Waals surface area contributed by atoms with Gasteiger partial charge in [0.05, 0.1) is 5.54 Å². The highest BCUT2D eigenvalue weighted by Crippen LogP contribution is 2.38. The van der Waals surface area contributed by atoms with Crippen molar-refractivity contribution in [3.05, 3.63) is 0 Å². The Morgan fingerprint density at radius 3 is 2.37 bits per heavy atom. The molecule has 108 valence electrons. The molecule has 1 heterocycles. The predicted octanol–water partition coefficient (Wildman–Crippen LogP) is 1.50. The van der Waals surface area contributed by atoms with Crippen molar-refractivity contribution in [2.45, 2.75) is 69.4 Å². The minimum atomic E-state index is -1.01. The van der Waals surface area contributed by atoms with Crippen molar-refractivity contribution in [2.24, 2.45) is 5.73 Å². The van der Waals surface area contributed by atoms with Gasteiger partial charge in [0, 0.05) is 6.54 Å². The molecule has 1 saturated carbocycles. The molecular weight excluding hydrogens is 244 g/mol. The van der Waals surface area contributed by atoms with E-state index < -0.39 is 17.0 Å². The maximum atomic E-state index is 12.7. The van der Waals surface area contributed by atoms with Gasteiger partial charge in [0.15, 0.2) is 0 Å². The van der Waals surface area contributed by atoms with Crippen molar-refractivity contribution >= 4 is 11.9 Å². The molecule has 1 unspecified atom stereocenters. The van der Waals surface area contributed by atoms with Crippen molar-refractivity contribution in [1.82, 2.24) is 4.90 Å². The summed E-state index contributed by atoms with van der Waals surface area (Å²) in [7, 11) is 0. The number of aliphatic carboxylic acids is 1. The number of hydrogen-bond donors (Lipinski definition) is 2. The molecule has 1 atom stereocenters. The minimum absolute atomic E-state index is 0.140. The van der Waals surface area contributed by atoms with Crippen molar-refractivity contribution < 1.29 is 14.7 Å². The first kappa shape index (κ1) is 14.3. The van der Waals surface area contributed by atoms with Crippen LogP contribution in [0, 0.1) is 0 Å². The molecule has 0 spiro atoms. The van der Waals surface area contributed by atoms with Crippen LogP contribution < -0.4 is 5.73 Å². The highest BCUT2D eigenvalue weighted by Gasteiger charge is 2.53. The van der Waals surface area contributed by atoms with Crippen LogP contribution in [0.5, 0.6) is 0 Å². The third-order valence-electron chi connectivity index (χ3n) is 4.72. The SMILES string of the molecule is CCCC1(C(=O)O)CCCN1C(=O)C1(N)CCCC1. The fraction of sp³-hybridized carbons (Fsp3) is 0.857. The average molecular weight is 268 g/mol. The number of carboxylic acid groups (broad SMARTS) is 1. The molecule has 1 amide bonds. The number of nitrogens with two attached hydrogens (primary N) is 1. The van der Waals surface area contributed by atoms with Crippen LogP contribution >= 0.6 is 0 Å². The van der Waals surface area contributed by atoms with E-state index in [9.17, 15) is 14.7 Å². The molecule has 2 aliphatic rings. The summed E-state index contributed by atoms with van der Waals surface area (Å²) < 4.78 is 0. The van der Waals surface area contributed by atoms with Crippen LogP contribution in [-0.2, 0) is 9.59 Å². The Kier molecular flexibility index (Phi) is 3.85. The zero-order valence-electron chi connectivity index (χ0n) is 11.7. The third kappa shape index (κ3) is 2.24. The second-order valence-electron chi connectivity index (χ2n) is 6.01. The summed E-state index contributed by atoms with van der Waals surface area (Å²) in [4.78, 5) is 26.0. The van der Waals surface area contributed by atoms with Gasteiger partial charge in [0.25, 0.3) is 0 Å². The monoisotopic (exact) mass is 268 g/mol. The summed E-state index contributed by atoms with van der Waals surface area (Å²) in [6.07, 6.45) is 5.88. The van der Waals surface area contributed by atoms with Crippen molar-refractivity contribution in [3.63, 3.8) is 0 Å². The van der Waals surface area contributed by atoms with E-state index in [0.29, 0.717) is 32.2 Å². The summed E-state index contributed by atoms with van der Waals surface area (Å²) >= 11 is 0. The second-order valence-corrected chi connectivity index (χ2v) is 6.01. The fourth-order valence-electron chi connectivity index (χ4n) is 3.67. The van der Waals surface area contributed by atoms with Crippen molar-refractivity contribution in [3.8, 4) is 0 Å². The Balaban J connectivity index is 2.26. The lowest BCUT2D eigenvalue weighted by molar-refractivity contribution is -0.159. The van der Waals surface area contributed by atoms with Gasteiger partial charge in [-0.3, -0.25) is 4.79 Å². The molecule has 0 aromatic rings. The van der Waals surface area contributed by atoms with Gasteiger partial charge in [-0.25, -0.2) is 4.79 Å². The van der Waals surface area contributed by atoms with Crippen molar-refractivity contribution in [2.75, 3.05) is 6.54 Å². The third-order valence-corrected chi connectivity index (χ3v) is 4.72. The zero-order chi connectivity index (χ0) is 14.1. The van der Waals surface area contributed by atoms with E-state index in [1.807, 2.05) is 6.92 Å². The number of likely N-dealkylation sites (tertiary alicyclic amines) is 1. The molecule has 3 N–H and O–H groups in total. The molecular formula is C14H24N2O3. The Hall–Kier alpha value is -1.10. The maximum Gasteiger partial charge on any atom is 0.329 e. The molecule has 1 aliphatic carbocycles. The molecule has 0 aromatic carbocycles. The molecule has 1 saturated heterocycles. The topological polar surface area (TPSA) is 83.6 Å². The Morgan fingerprint density at radius 1 is 1.21 bits per heavy atom. The van der Waals surface area contributed by atoms with Crippen molar-refractivity contribution in [1.29, 1.82) is 0 Å². The largest absolute Gasteiger partial charge is 0.479 e. The first-order valence-electron chi connectivity index (χ1n) is 7.31. The lowest BCUT2D eigenvalue weighted by atomic mass is 9.88. The molecule has 2 fully saturated rings. The first-order chi connectivity index (χ1) is 8.96. The van der Waals surface area contributed by atoms with Crippen LogP contribution in [0.2, 0.25) is 0 Å². The summed E-state index contributed by atoms with van der Waals surface area (Å²) in [5.74, 6) is -1.01. The van der Waals surface area contributed by atoms with Gasteiger partial charge in [-0.05, 0) is 32.1 Å². The molecule has 0 radical (unpaired) electrons. The molecule has 0 aromatic heterocycles. The van der Waals surface area contributed by atoms with E-state index in [1.54, 1.807) is 4.90 Å². The predicted molar refractivity (Wildman–Crippen MR) is 71.6 cm³/mol. The quantitative estimate of drug-likeness (QED) is 0.809. The van der Waals surface area contributed by atoms with Gasteiger partial charge in [0.2, 0.25) is 5.91 Å². The van der Waals surface area contributed by atoms with Crippen LogP contribution in [-0.4, -0.2) is 39.5 Å². The highest BCUT2D eigenvalue weighted by atomic mass is 16.4. The summed E-state index contributed by atoms with van der Waals surface area (Å²) in [6.45, 7) is 2.49. The van der Waals surface area contributed by atoms with Crippen LogP contribution in [0.15, 0.2) is 0 Å². The van der Waals surface area contributed by atoms with Gasteiger partial charge >= 0.3 is 5.97 Å². The first-order valence-corrected chi connectivity index (χ1v) is 7.31. The van der Waals surface area contributed by atoms with Gasteiger partial charge in [-0.1, -0.05) is 26.2 Å². The van der Waals surface area contributed by atoms with E-state index >= 15 is 0 Å². The van der Waals surface area contributed by atoms with E-state index in [1.165, 1.54) is 0 Å². The molecule has 1 aliphatic heterocycles. The Bertz CT molecular complexity index is 377. The lowest BCUT2D eigenvalue weighted by Crippen LogP contribution is -2.61. The van der Waals surface area contributed by atoms with Crippen LogP contribution in [0.4, 0.5) is 0 Å². The van der Waals surface area contributed by atoms with E-state index in [0.717, 1.165) is 25.7 Å². The van der Waals surface area contributed by atoms with E-state index in [2.05, 4.69) is 0 Å². The van der Waals surface area contributed by atoms with Crippen LogP contribution in [0.25, 0.3) is 0 Å². The second kappa shape index (κ2) is 5.12. The molecule has 5 heteroatoms. The number of carboxylic acids is 1. The van der Waals surface area contributed by atoms with E-state index in [-0.39, 0.29) is 5.91 Å². The molecule has 19 heavy (non-hydrogen) atoms. The van der Waals surface area contributed by atoms with Crippen LogP contribution in [0.1, 0.15) is 58.3 Å². The summed E-state index contributed by atoms with van der Waals surface area (Å²) in [5.41, 5.74) is 4.38. The normalized spacial score (nSPS) is 29.7. The molecule has 0 bridgehead atoms. The smallest absolute Gasteiger partial charge is 0.329 e. The minimum Gasteiger partial charge on any atom is -0.479 e. The van der Waals surface area contributed by atoms with Gasteiger partial charge in [0.1, 0.15) is 5.54 Å². The average Bonchev–Trinajstić information content (AvgIpc) is 2.97. The molecule has 5 nitrogen and oxygen atoms in total. The Labute approximate surface area is 114 Å². The number of carbonyl (C=O) groups is 2. The number of rotatable bonds is 4. The lowest BCUT2D eigenvalue weighted by Gasteiger charge is -2.39. The fourth-order valence-corrected chi connectivity index (χ4v) is 3.67. The standard InChI is InChI=1S/C14H24N2O3/c1-2-6-14(12(18)19)9-5-10-16(14)11(17)13(15)7-3-4-8-13/h2-10,15H2,1H3,(H,18,19). The van der Waals surface area contributed by atoms with Gasteiger partial charge in [-0.15, -0.1) is 0 Å². The number of hydrogen-bond acceptors (Lipinski definition) is 3. The van der Waals surface area contributed by atoms with Gasteiger partial charge in [-0.2, -0.15) is 0 Å². The number of carbonyl (C=O) groups excluding carboxylic acids is 1. The van der Waals surface area contributed by atoms with Crippen LogP contribution in [0.3, 0.4) is 0 Å². The Morgan fingerprint density at radius 2 is 1.84 bits per heavy atom.